The topological polar surface area (TPSA) is 83.8 Å². The van der Waals surface area contributed by atoms with Gasteiger partial charge in [0.2, 0.25) is 0 Å². The third kappa shape index (κ3) is 2.24. The van der Waals surface area contributed by atoms with E-state index in [-0.39, 0.29) is 5.69 Å². The van der Waals surface area contributed by atoms with Crippen molar-refractivity contribution >= 4 is 17.3 Å². The summed E-state index contributed by atoms with van der Waals surface area (Å²) >= 11 is 0. The first-order valence-electron chi connectivity index (χ1n) is 6.47. The number of benzene rings is 1. The van der Waals surface area contributed by atoms with Crippen LogP contribution in [0, 0.1) is 12.7 Å². The number of carbonyl (C=O) groups is 1. The molecule has 0 bridgehead atoms. The van der Waals surface area contributed by atoms with Crippen molar-refractivity contribution in [3.05, 3.63) is 41.0 Å². The number of hydrogen-bond acceptors (Lipinski definition) is 3. The first kappa shape index (κ1) is 12.7. The largest absolute Gasteiger partial charge is 0.395 e. The summed E-state index contributed by atoms with van der Waals surface area (Å²) in [6, 6.07) is 4.23. The van der Waals surface area contributed by atoms with Gasteiger partial charge in [0.05, 0.1) is 11.4 Å². The normalized spacial score (nSPS) is 14.3. The predicted molar refractivity (Wildman–Crippen MR) is 74.1 cm³/mol. The Morgan fingerprint density at radius 2 is 2.25 bits per heavy atom. The van der Waals surface area contributed by atoms with Gasteiger partial charge < -0.3 is 11.1 Å². The Hall–Kier alpha value is -2.37. The molecule has 1 fully saturated rings. The highest BCUT2D eigenvalue weighted by Gasteiger charge is 2.30. The van der Waals surface area contributed by atoms with Crippen LogP contribution in [0.3, 0.4) is 0 Å². The summed E-state index contributed by atoms with van der Waals surface area (Å²) in [5, 5.41) is 9.43. The van der Waals surface area contributed by atoms with Crippen LogP contribution in [0.1, 0.15) is 40.5 Å². The van der Waals surface area contributed by atoms with Gasteiger partial charge in [0.25, 0.3) is 5.91 Å². The monoisotopic (exact) mass is 274 g/mol. The minimum atomic E-state index is -0.431. The number of nitrogens with zero attached hydrogens (tertiary/aromatic N) is 1. The fraction of sp³-hybridized carbons (Fsp3) is 0.286. The van der Waals surface area contributed by atoms with Crippen molar-refractivity contribution in [2.24, 2.45) is 0 Å². The van der Waals surface area contributed by atoms with Gasteiger partial charge in [0.1, 0.15) is 5.82 Å². The Labute approximate surface area is 115 Å². The van der Waals surface area contributed by atoms with E-state index in [1.54, 1.807) is 13.0 Å². The van der Waals surface area contributed by atoms with Gasteiger partial charge in [-0.25, -0.2) is 4.39 Å². The maximum atomic E-state index is 13.2. The smallest absolute Gasteiger partial charge is 0.278 e. The molecule has 1 amide bonds. The average molecular weight is 274 g/mol. The van der Waals surface area contributed by atoms with E-state index in [9.17, 15) is 9.18 Å². The van der Waals surface area contributed by atoms with Gasteiger partial charge in [-0.1, -0.05) is 6.07 Å². The van der Waals surface area contributed by atoms with E-state index >= 15 is 0 Å². The van der Waals surface area contributed by atoms with E-state index < -0.39 is 11.7 Å². The van der Waals surface area contributed by atoms with Crippen LogP contribution in [0.4, 0.5) is 15.8 Å². The minimum absolute atomic E-state index is 0.163. The van der Waals surface area contributed by atoms with E-state index in [0.717, 1.165) is 24.1 Å². The zero-order valence-electron chi connectivity index (χ0n) is 11.0. The quantitative estimate of drug-likeness (QED) is 0.804. The Bertz CT molecular complexity index is 676. The number of nitrogens with two attached hydrogens (primary N) is 1. The van der Waals surface area contributed by atoms with Crippen molar-refractivity contribution < 1.29 is 9.18 Å². The lowest BCUT2D eigenvalue weighted by Gasteiger charge is -2.07. The van der Waals surface area contributed by atoms with E-state index in [1.165, 1.54) is 12.1 Å². The first-order chi connectivity index (χ1) is 9.56. The van der Waals surface area contributed by atoms with E-state index in [2.05, 4.69) is 15.5 Å². The molecule has 6 heteroatoms. The second-order valence-electron chi connectivity index (χ2n) is 5.09. The third-order valence-corrected chi connectivity index (χ3v) is 3.48. The van der Waals surface area contributed by atoms with Crippen molar-refractivity contribution in [2.75, 3.05) is 11.1 Å². The van der Waals surface area contributed by atoms with Crippen molar-refractivity contribution in [2.45, 2.75) is 25.7 Å². The molecule has 0 aliphatic heterocycles. The number of H-pyrrole nitrogens is 1. The molecule has 2 aromatic rings. The lowest BCUT2D eigenvalue weighted by Crippen LogP contribution is -2.15. The Kier molecular flexibility index (Phi) is 2.93. The summed E-state index contributed by atoms with van der Waals surface area (Å²) in [5.74, 6) is -0.445. The fourth-order valence-corrected chi connectivity index (χ4v) is 2.13. The number of carbonyl (C=O) groups excluding carboxylic acids is 1. The van der Waals surface area contributed by atoms with Gasteiger partial charge in [-0.05, 0) is 37.5 Å². The lowest BCUT2D eigenvalue weighted by atomic mass is 10.2. The fourth-order valence-electron chi connectivity index (χ4n) is 2.13. The molecule has 1 aliphatic carbocycles. The molecule has 0 radical (unpaired) electrons. The molecule has 0 unspecified atom stereocenters. The molecule has 5 nitrogen and oxygen atoms in total. The summed E-state index contributed by atoms with van der Waals surface area (Å²) in [6.07, 6.45) is 2.13. The molecule has 0 atom stereocenters. The molecular weight excluding hydrogens is 259 g/mol. The summed E-state index contributed by atoms with van der Waals surface area (Å²) in [4.78, 5) is 12.2. The molecule has 104 valence electrons. The molecule has 1 aromatic carbocycles. The Morgan fingerprint density at radius 1 is 1.50 bits per heavy atom. The van der Waals surface area contributed by atoms with Crippen molar-refractivity contribution in [1.82, 2.24) is 10.2 Å². The summed E-state index contributed by atoms with van der Waals surface area (Å²) in [6.45, 7) is 1.79. The number of rotatable bonds is 3. The van der Waals surface area contributed by atoms with Gasteiger partial charge in [0, 0.05) is 11.6 Å². The number of aromatic nitrogens is 2. The number of anilines is 2. The number of amides is 1. The summed E-state index contributed by atoms with van der Waals surface area (Å²) in [7, 11) is 0. The van der Waals surface area contributed by atoms with Crippen molar-refractivity contribution in [3.63, 3.8) is 0 Å². The predicted octanol–water partition coefficient (Wildman–Crippen LogP) is 2.57. The Balaban J connectivity index is 1.84. The highest BCUT2D eigenvalue weighted by Crippen LogP contribution is 2.42. The highest BCUT2D eigenvalue weighted by molar-refractivity contribution is 6.06. The Morgan fingerprint density at radius 3 is 2.95 bits per heavy atom. The number of halogens is 1. The van der Waals surface area contributed by atoms with Gasteiger partial charge in [0.15, 0.2) is 5.69 Å². The molecule has 1 aliphatic rings. The first-order valence-corrected chi connectivity index (χ1v) is 6.47. The van der Waals surface area contributed by atoms with Crippen LogP contribution < -0.4 is 11.1 Å². The molecule has 20 heavy (non-hydrogen) atoms. The van der Waals surface area contributed by atoms with Gasteiger partial charge >= 0.3 is 0 Å². The summed E-state index contributed by atoms with van der Waals surface area (Å²) in [5.41, 5.74) is 8.51. The number of nitrogens with one attached hydrogen (secondary N) is 2. The van der Waals surface area contributed by atoms with Gasteiger partial charge in [-0.15, -0.1) is 0 Å². The van der Waals surface area contributed by atoms with E-state index in [1.807, 2.05) is 0 Å². The number of nitrogen functional groups attached to an aromatic ring is 1. The third-order valence-electron chi connectivity index (χ3n) is 3.48. The highest BCUT2D eigenvalue weighted by atomic mass is 19.1. The molecule has 1 saturated carbocycles. The van der Waals surface area contributed by atoms with Crippen molar-refractivity contribution in [1.29, 1.82) is 0 Å². The molecule has 3 rings (SSSR count). The van der Waals surface area contributed by atoms with Crippen LogP contribution in [0.2, 0.25) is 0 Å². The standard InChI is InChI=1S/C14H15FN4O/c1-7-2-5-9(15)6-10(7)17-14(20)13-11(16)12(18-19-13)8-3-4-8/h2,5-6,8H,3-4,16H2,1H3,(H,17,20)(H,18,19). The van der Waals surface area contributed by atoms with Crippen molar-refractivity contribution in [3.8, 4) is 0 Å². The summed E-state index contributed by atoms with van der Waals surface area (Å²) < 4.78 is 13.2. The van der Waals surface area contributed by atoms with Crippen LogP contribution in [0.5, 0.6) is 0 Å². The molecular formula is C14H15FN4O. The maximum Gasteiger partial charge on any atom is 0.278 e. The second kappa shape index (κ2) is 4.63. The average Bonchev–Trinajstić information content (AvgIpc) is 3.17. The number of aryl methyl sites for hydroxylation is 1. The zero-order valence-corrected chi connectivity index (χ0v) is 11.0. The zero-order chi connectivity index (χ0) is 14.3. The molecule has 1 heterocycles. The molecule has 0 saturated heterocycles. The second-order valence-corrected chi connectivity index (χ2v) is 5.09. The van der Waals surface area contributed by atoms with Gasteiger partial charge in [-0.3, -0.25) is 9.89 Å². The molecule has 4 N–H and O–H groups in total. The van der Waals surface area contributed by atoms with Gasteiger partial charge in [-0.2, -0.15) is 5.10 Å². The number of aromatic amines is 1. The maximum absolute atomic E-state index is 13.2. The molecule has 1 aromatic heterocycles. The molecule has 0 spiro atoms. The lowest BCUT2D eigenvalue weighted by molar-refractivity contribution is 0.102. The van der Waals surface area contributed by atoms with Crippen LogP contribution >= 0.6 is 0 Å². The van der Waals surface area contributed by atoms with Crippen LogP contribution in [0.25, 0.3) is 0 Å². The minimum Gasteiger partial charge on any atom is -0.395 e. The number of hydrogen-bond donors (Lipinski definition) is 3. The van der Waals surface area contributed by atoms with E-state index in [4.69, 9.17) is 5.73 Å². The van der Waals surface area contributed by atoms with Crippen LogP contribution in [0.15, 0.2) is 18.2 Å². The van der Waals surface area contributed by atoms with Crippen LogP contribution in [-0.4, -0.2) is 16.1 Å². The SMILES string of the molecule is Cc1ccc(F)cc1NC(=O)c1n[nH]c(C2CC2)c1N. The van der Waals surface area contributed by atoms with Crippen LogP contribution in [-0.2, 0) is 0 Å². The van der Waals surface area contributed by atoms with E-state index in [0.29, 0.717) is 17.3 Å².